The first-order valence-electron chi connectivity index (χ1n) is 10.6. The number of anilines is 1. The van der Waals surface area contributed by atoms with E-state index in [0.717, 1.165) is 10.5 Å². The number of nitrogens with one attached hydrogen (secondary N) is 3. The molecule has 0 atom stereocenters. The molecule has 1 heterocycles. The van der Waals surface area contributed by atoms with Crippen LogP contribution in [-0.2, 0) is 22.7 Å². The lowest BCUT2D eigenvalue weighted by molar-refractivity contribution is -0.140. The maximum atomic E-state index is 13.0. The topological polar surface area (TPSA) is 117 Å². The SMILES string of the molecule is CNc1ccc(CN2C(=O)NC(=O)C2=O)cc1C(=O)NCc1ccc(Oc2ccc(F)cc2)cc1. The molecule has 0 spiro atoms. The van der Waals surface area contributed by atoms with Gasteiger partial charge in [-0.2, -0.15) is 0 Å². The zero-order valence-electron chi connectivity index (χ0n) is 18.6. The van der Waals surface area contributed by atoms with Gasteiger partial charge in [0.05, 0.1) is 12.1 Å². The average molecular weight is 476 g/mol. The number of amides is 5. The molecule has 0 aromatic heterocycles. The van der Waals surface area contributed by atoms with E-state index < -0.39 is 17.8 Å². The van der Waals surface area contributed by atoms with Gasteiger partial charge in [-0.1, -0.05) is 18.2 Å². The first-order valence-corrected chi connectivity index (χ1v) is 10.6. The van der Waals surface area contributed by atoms with Crippen molar-refractivity contribution in [1.29, 1.82) is 0 Å². The maximum Gasteiger partial charge on any atom is 0.331 e. The van der Waals surface area contributed by atoms with Crippen LogP contribution in [0.3, 0.4) is 0 Å². The van der Waals surface area contributed by atoms with Crippen LogP contribution in [0.2, 0.25) is 0 Å². The van der Waals surface area contributed by atoms with Gasteiger partial charge in [-0.3, -0.25) is 24.6 Å². The number of carbonyl (C=O) groups is 4. The van der Waals surface area contributed by atoms with E-state index in [-0.39, 0.29) is 24.8 Å². The highest BCUT2D eigenvalue weighted by Gasteiger charge is 2.36. The first kappa shape index (κ1) is 23.4. The molecular weight excluding hydrogens is 455 g/mol. The average Bonchev–Trinajstić information content (AvgIpc) is 3.10. The molecule has 3 N–H and O–H groups in total. The van der Waals surface area contributed by atoms with E-state index in [1.54, 1.807) is 49.5 Å². The van der Waals surface area contributed by atoms with E-state index in [9.17, 15) is 23.6 Å². The van der Waals surface area contributed by atoms with Crippen LogP contribution in [0.5, 0.6) is 11.5 Å². The van der Waals surface area contributed by atoms with Crippen LogP contribution in [0.1, 0.15) is 21.5 Å². The maximum absolute atomic E-state index is 13.0. The Morgan fingerprint density at radius 3 is 2.17 bits per heavy atom. The number of halogens is 1. The number of hydrogen-bond donors (Lipinski definition) is 3. The van der Waals surface area contributed by atoms with Gasteiger partial charge < -0.3 is 15.4 Å². The summed E-state index contributed by atoms with van der Waals surface area (Å²) in [5.41, 5.74) is 2.21. The van der Waals surface area contributed by atoms with Gasteiger partial charge in [0.2, 0.25) is 0 Å². The molecule has 1 aliphatic heterocycles. The monoisotopic (exact) mass is 476 g/mol. The minimum absolute atomic E-state index is 0.143. The molecule has 9 nitrogen and oxygen atoms in total. The van der Waals surface area contributed by atoms with Gasteiger partial charge in [0.15, 0.2) is 0 Å². The van der Waals surface area contributed by atoms with Gasteiger partial charge >= 0.3 is 17.8 Å². The molecular formula is C25H21FN4O5. The molecule has 35 heavy (non-hydrogen) atoms. The Hall–Kier alpha value is -4.73. The molecule has 0 aliphatic carbocycles. The molecule has 10 heteroatoms. The van der Waals surface area contributed by atoms with Crippen molar-refractivity contribution >= 4 is 29.4 Å². The number of hydrogen-bond acceptors (Lipinski definition) is 6. The predicted molar refractivity (Wildman–Crippen MR) is 124 cm³/mol. The third kappa shape index (κ3) is 5.44. The number of nitrogens with zero attached hydrogens (tertiary/aromatic N) is 1. The molecule has 4 rings (SSSR count). The Morgan fingerprint density at radius 2 is 1.57 bits per heavy atom. The number of urea groups is 1. The Balaban J connectivity index is 1.40. The van der Waals surface area contributed by atoms with Crippen molar-refractivity contribution in [2.75, 3.05) is 12.4 Å². The van der Waals surface area contributed by atoms with Gasteiger partial charge in [-0.25, -0.2) is 9.18 Å². The smallest absolute Gasteiger partial charge is 0.331 e. The summed E-state index contributed by atoms with van der Waals surface area (Å²) in [5, 5.41) is 7.71. The number of rotatable bonds is 8. The van der Waals surface area contributed by atoms with Gasteiger partial charge in [-0.15, -0.1) is 0 Å². The minimum atomic E-state index is -0.978. The number of carbonyl (C=O) groups excluding carboxylic acids is 4. The molecule has 1 aliphatic rings. The number of ether oxygens (including phenoxy) is 1. The second kappa shape index (κ2) is 10.0. The molecule has 1 fully saturated rings. The van der Waals surface area contributed by atoms with Crippen LogP contribution in [0, 0.1) is 5.82 Å². The molecule has 3 aromatic rings. The third-order valence-corrected chi connectivity index (χ3v) is 5.27. The van der Waals surface area contributed by atoms with Crippen LogP contribution >= 0.6 is 0 Å². The van der Waals surface area contributed by atoms with Gasteiger partial charge in [0, 0.05) is 19.3 Å². The summed E-state index contributed by atoms with van der Waals surface area (Å²) in [6.45, 7) is 0.0980. The van der Waals surface area contributed by atoms with Crippen molar-refractivity contribution in [3.8, 4) is 11.5 Å². The van der Waals surface area contributed by atoms with Crippen LogP contribution in [0.25, 0.3) is 0 Å². The second-order valence-corrected chi connectivity index (χ2v) is 7.66. The Morgan fingerprint density at radius 1 is 0.943 bits per heavy atom. The normalized spacial score (nSPS) is 13.0. The zero-order valence-corrected chi connectivity index (χ0v) is 18.6. The fourth-order valence-corrected chi connectivity index (χ4v) is 3.45. The van der Waals surface area contributed by atoms with Crippen LogP contribution < -0.4 is 20.7 Å². The molecule has 3 aromatic carbocycles. The summed E-state index contributed by atoms with van der Waals surface area (Å²) in [6.07, 6.45) is 0. The van der Waals surface area contributed by atoms with E-state index in [2.05, 4.69) is 10.6 Å². The van der Waals surface area contributed by atoms with Gasteiger partial charge in [0.25, 0.3) is 5.91 Å². The summed E-state index contributed by atoms with van der Waals surface area (Å²) in [7, 11) is 1.67. The highest BCUT2D eigenvalue weighted by molar-refractivity contribution is 6.44. The quantitative estimate of drug-likeness (QED) is 0.340. The molecule has 0 bridgehead atoms. The summed E-state index contributed by atoms with van der Waals surface area (Å²) < 4.78 is 18.7. The highest BCUT2D eigenvalue weighted by Crippen LogP contribution is 2.23. The van der Waals surface area contributed by atoms with E-state index in [4.69, 9.17) is 4.74 Å². The number of imide groups is 2. The standard InChI is InChI=1S/C25H21FN4O5/c1-27-21-11-4-16(14-30-24(33)23(32)29-25(30)34)12-20(21)22(31)28-13-15-2-7-18(8-3-15)35-19-9-5-17(26)6-10-19/h2-12,27H,13-14H2,1H3,(H,28,31)(H,29,32,34). The van der Waals surface area contributed by atoms with Crippen LogP contribution in [0.4, 0.5) is 14.9 Å². The summed E-state index contributed by atoms with van der Waals surface area (Å²) >= 11 is 0. The molecule has 0 radical (unpaired) electrons. The fourth-order valence-electron chi connectivity index (χ4n) is 3.45. The summed E-state index contributed by atoms with van der Waals surface area (Å²) in [5.74, 6) is -1.56. The molecule has 178 valence electrons. The van der Waals surface area contributed by atoms with Crippen molar-refractivity contribution < 1.29 is 28.3 Å². The van der Waals surface area contributed by atoms with Gasteiger partial charge in [-0.05, 0) is 59.7 Å². The largest absolute Gasteiger partial charge is 0.457 e. The van der Waals surface area contributed by atoms with Crippen molar-refractivity contribution in [2.45, 2.75) is 13.1 Å². The first-order chi connectivity index (χ1) is 16.8. The predicted octanol–water partition coefficient (Wildman–Crippen LogP) is 3.17. The Labute approximate surface area is 199 Å². The zero-order chi connectivity index (χ0) is 24.9. The van der Waals surface area contributed by atoms with Crippen molar-refractivity contribution in [3.05, 3.63) is 89.2 Å². The van der Waals surface area contributed by atoms with E-state index in [0.29, 0.717) is 28.3 Å². The lowest BCUT2D eigenvalue weighted by atomic mass is 10.1. The Bertz CT molecular complexity index is 1290. The lowest BCUT2D eigenvalue weighted by Gasteiger charge is -2.15. The van der Waals surface area contributed by atoms with E-state index in [1.807, 2.05) is 5.32 Å². The highest BCUT2D eigenvalue weighted by atomic mass is 19.1. The summed E-state index contributed by atoms with van der Waals surface area (Å²) in [6, 6.07) is 16.8. The molecule has 5 amide bonds. The van der Waals surface area contributed by atoms with Crippen molar-refractivity contribution in [1.82, 2.24) is 15.5 Å². The second-order valence-electron chi connectivity index (χ2n) is 7.66. The number of benzene rings is 3. The lowest BCUT2D eigenvalue weighted by Crippen LogP contribution is -2.30. The van der Waals surface area contributed by atoms with E-state index in [1.165, 1.54) is 24.3 Å². The van der Waals surface area contributed by atoms with Crippen LogP contribution in [-0.4, -0.2) is 35.7 Å². The van der Waals surface area contributed by atoms with Gasteiger partial charge in [0.1, 0.15) is 17.3 Å². The molecule has 0 unspecified atom stereocenters. The summed E-state index contributed by atoms with van der Waals surface area (Å²) in [4.78, 5) is 48.7. The minimum Gasteiger partial charge on any atom is -0.457 e. The molecule has 1 saturated heterocycles. The fraction of sp³-hybridized carbons (Fsp3) is 0.120. The van der Waals surface area contributed by atoms with E-state index >= 15 is 0 Å². The van der Waals surface area contributed by atoms with Crippen molar-refractivity contribution in [3.63, 3.8) is 0 Å². The molecule has 0 saturated carbocycles. The van der Waals surface area contributed by atoms with Crippen LogP contribution in [0.15, 0.2) is 66.7 Å². The van der Waals surface area contributed by atoms with Crippen molar-refractivity contribution in [2.24, 2.45) is 0 Å². The third-order valence-electron chi connectivity index (χ3n) is 5.27. The Kier molecular flexibility index (Phi) is 6.72.